The molecule has 0 bridgehead atoms. The molecule has 4 nitrogen and oxygen atoms in total. The SMILES string of the molecule is Cc1ccsc1/C=C1\Oc2c(ccc(OC(=O)C3CC3)c2C)C1=O. The Morgan fingerprint density at radius 3 is 2.75 bits per heavy atom. The van der Waals surface area contributed by atoms with Gasteiger partial charge in [0.25, 0.3) is 0 Å². The van der Waals surface area contributed by atoms with Crippen LogP contribution in [0.5, 0.6) is 11.5 Å². The van der Waals surface area contributed by atoms with Gasteiger partial charge in [-0.05, 0) is 55.8 Å². The lowest BCUT2D eigenvalue weighted by Crippen LogP contribution is -2.10. The van der Waals surface area contributed by atoms with Crippen LogP contribution in [0.25, 0.3) is 6.08 Å². The van der Waals surface area contributed by atoms with Crippen molar-refractivity contribution in [3.05, 3.63) is 50.9 Å². The molecule has 5 heteroatoms. The van der Waals surface area contributed by atoms with E-state index in [0.29, 0.717) is 28.4 Å². The molecular weight excluding hydrogens is 324 g/mol. The average Bonchev–Trinajstić information content (AvgIpc) is 3.27. The molecule has 122 valence electrons. The van der Waals surface area contributed by atoms with Gasteiger partial charge < -0.3 is 9.47 Å². The lowest BCUT2D eigenvalue weighted by atomic mass is 10.1. The quantitative estimate of drug-likeness (QED) is 0.475. The molecule has 2 heterocycles. The summed E-state index contributed by atoms with van der Waals surface area (Å²) in [5, 5.41) is 1.98. The first-order valence-corrected chi connectivity index (χ1v) is 8.76. The highest BCUT2D eigenvalue weighted by atomic mass is 32.1. The zero-order valence-corrected chi connectivity index (χ0v) is 14.2. The number of hydrogen-bond donors (Lipinski definition) is 0. The van der Waals surface area contributed by atoms with Gasteiger partial charge in [0.05, 0.1) is 11.5 Å². The summed E-state index contributed by atoms with van der Waals surface area (Å²) in [6.45, 7) is 3.80. The topological polar surface area (TPSA) is 52.6 Å². The summed E-state index contributed by atoms with van der Waals surface area (Å²) < 4.78 is 11.2. The normalized spacial score (nSPS) is 17.8. The van der Waals surface area contributed by atoms with Crippen molar-refractivity contribution in [3.8, 4) is 11.5 Å². The first kappa shape index (κ1) is 15.1. The van der Waals surface area contributed by atoms with E-state index in [4.69, 9.17) is 9.47 Å². The Morgan fingerprint density at radius 2 is 2.08 bits per heavy atom. The first-order valence-electron chi connectivity index (χ1n) is 7.88. The predicted molar refractivity (Wildman–Crippen MR) is 91.5 cm³/mol. The minimum absolute atomic E-state index is 0.0254. The van der Waals surface area contributed by atoms with Crippen LogP contribution >= 0.6 is 11.3 Å². The summed E-state index contributed by atoms with van der Waals surface area (Å²) in [6.07, 6.45) is 3.56. The van der Waals surface area contributed by atoms with E-state index in [1.807, 2.05) is 18.4 Å². The molecule has 0 unspecified atom stereocenters. The van der Waals surface area contributed by atoms with Crippen molar-refractivity contribution < 1.29 is 19.1 Å². The molecule has 1 saturated carbocycles. The second-order valence-corrected chi connectivity index (χ2v) is 7.12. The molecule has 0 atom stereocenters. The molecule has 1 fully saturated rings. The maximum Gasteiger partial charge on any atom is 0.314 e. The number of hydrogen-bond acceptors (Lipinski definition) is 5. The average molecular weight is 340 g/mol. The van der Waals surface area contributed by atoms with E-state index in [9.17, 15) is 9.59 Å². The number of ketones is 1. The third-order valence-electron chi connectivity index (χ3n) is 4.32. The fourth-order valence-electron chi connectivity index (χ4n) is 2.64. The van der Waals surface area contributed by atoms with Crippen LogP contribution in [0.4, 0.5) is 0 Å². The number of esters is 1. The van der Waals surface area contributed by atoms with Gasteiger partial charge in [-0.1, -0.05) is 0 Å². The lowest BCUT2D eigenvalue weighted by molar-refractivity contribution is -0.135. The number of fused-ring (bicyclic) bond motifs is 1. The number of carbonyl (C=O) groups excluding carboxylic acids is 2. The molecule has 0 N–H and O–H groups in total. The molecular formula is C19H16O4S. The van der Waals surface area contributed by atoms with Crippen LogP contribution < -0.4 is 9.47 Å². The molecule has 4 rings (SSSR count). The van der Waals surface area contributed by atoms with Crippen molar-refractivity contribution in [1.82, 2.24) is 0 Å². The molecule has 0 amide bonds. The van der Waals surface area contributed by atoms with E-state index in [1.165, 1.54) is 0 Å². The van der Waals surface area contributed by atoms with Crippen molar-refractivity contribution in [3.63, 3.8) is 0 Å². The lowest BCUT2D eigenvalue weighted by Gasteiger charge is -2.09. The van der Waals surface area contributed by atoms with Crippen molar-refractivity contribution in [1.29, 1.82) is 0 Å². The molecule has 24 heavy (non-hydrogen) atoms. The van der Waals surface area contributed by atoms with Crippen molar-refractivity contribution >= 4 is 29.2 Å². The fraction of sp³-hybridized carbons (Fsp3) is 0.263. The Morgan fingerprint density at radius 1 is 1.29 bits per heavy atom. The van der Waals surface area contributed by atoms with Crippen LogP contribution in [0, 0.1) is 19.8 Å². The highest BCUT2D eigenvalue weighted by Crippen LogP contribution is 2.40. The standard InChI is InChI=1S/C19H16O4S/c1-10-7-8-24-16(10)9-15-17(20)13-5-6-14(11(2)18(13)22-15)23-19(21)12-3-4-12/h5-9,12H,3-4H2,1-2H3/b15-9-. The second-order valence-electron chi connectivity index (χ2n) is 6.17. The second kappa shape index (κ2) is 5.60. The van der Waals surface area contributed by atoms with E-state index in [1.54, 1.807) is 36.5 Å². The summed E-state index contributed by atoms with van der Waals surface area (Å²) in [4.78, 5) is 25.4. The van der Waals surface area contributed by atoms with E-state index in [2.05, 4.69) is 0 Å². The Bertz CT molecular complexity index is 887. The van der Waals surface area contributed by atoms with Gasteiger partial charge in [0.15, 0.2) is 5.76 Å². The van der Waals surface area contributed by atoms with Crippen LogP contribution in [0.3, 0.4) is 0 Å². The van der Waals surface area contributed by atoms with Crippen molar-refractivity contribution in [2.45, 2.75) is 26.7 Å². The summed E-state index contributed by atoms with van der Waals surface area (Å²) in [5.74, 6) is 0.948. The van der Waals surface area contributed by atoms with Gasteiger partial charge in [-0.2, -0.15) is 0 Å². The van der Waals surface area contributed by atoms with E-state index in [-0.39, 0.29) is 17.7 Å². The van der Waals surface area contributed by atoms with Gasteiger partial charge in [-0.25, -0.2) is 0 Å². The highest BCUT2D eigenvalue weighted by Gasteiger charge is 2.34. The van der Waals surface area contributed by atoms with Gasteiger partial charge in [0.1, 0.15) is 11.5 Å². The summed E-state index contributed by atoms with van der Waals surface area (Å²) >= 11 is 1.57. The van der Waals surface area contributed by atoms with Crippen molar-refractivity contribution in [2.24, 2.45) is 5.92 Å². The van der Waals surface area contributed by atoms with E-state index < -0.39 is 0 Å². The Labute approximate surface area is 143 Å². The van der Waals surface area contributed by atoms with Crippen molar-refractivity contribution in [2.75, 3.05) is 0 Å². The number of carbonyl (C=O) groups is 2. The number of ether oxygens (including phenoxy) is 2. The minimum Gasteiger partial charge on any atom is -0.452 e. The molecule has 1 aromatic carbocycles. The third-order valence-corrected chi connectivity index (χ3v) is 5.29. The van der Waals surface area contributed by atoms with Crippen LogP contribution in [0.2, 0.25) is 0 Å². The molecule has 2 aromatic rings. The van der Waals surface area contributed by atoms with E-state index in [0.717, 1.165) is 23.3 Å². The molecule has 0 radical (unpaired) electrons. The van der Waals surface area contributed by atoms with Crippen LogP contribution in [0.15, 0.2) is 29.3 Å². The van der Waals surface area contributed by atoms with Crippen LogP contribution in [-0.2, 0) is 4.79 Å². The number of allylic oxidation sites excluding steroid dienone is 1. The molecule has 1 aliphatic heterocycles. The van der Waals surface area contributed by atoms with Gasteiger partial charge in [0.2, 0.25) is 5.78 Å². The van der Waals surface area contributed by atoms with Crippen LogP contribution in [0.1, 0.15) is 39.2 Å². The molecule has 0 saturated heterocycles. The zero-order valence-electron chi connectivity index (χ0n) is 13.4. The monoisotopic (exact) mass is 340 g/mol. The molecule has 2 aliphatic rings. The van der Waals surface area contributed by atoms with E-state index >= 15 is 0 Å². The Kier molecular flexibility index (Phi) is 3.53. The number of Topliss-reactive ketones (excluding diaryl/α,β-unsaturated/α-hetero) is 1. The molecule has 1 aromatic heterocycles. The minimum atomic E-state index is -0.202. The highest BCUT2D eigenvalue weighted by molar-refractivity contribution is 7.11. The maximum absolute atomic E-state index is 12.5. The van der Waals surface area contributed by atoms with Gasteiger partial charge >= 0.3 is 5.97 Å². The largest absolute Gasteiger partial charge is 0.452 e. The zero-order chi connectivity index (χ0) is 16.8. The molecule has 0 spiro atoms. The van der Waals surface area contributed by atoms with Crippen LogP contribution in [-0.4, -0.2) is 11.8 Å². The Balaban J connectivity index is 1.65. The first-order chi connectivity index (χ1) is 11.5. The summed E-state index contributed by atoms with van der Waals surface area (Å²) in [6, 6.07) is 5.35. The smallest absolute Gasteiger partial charge is 0.314 e. The number of thiophene rings is 1. The number of rotatable bonds is 3. The van der Waals surface area contributed by atoms with Gasteiger partial charge in [-0.3, -0.25) is 9.59 Å². The van der Waals surface area contributed by atoms with Gasteiger partial charge in [0, 0.05) is 16.5 Å². The maximum atomic E-state index is 12.5. The molecule has 1 aliphatic carbocycles. The fourth-order valence-corrected chi connectivity index (χ4v) is 3.49. The van der Waals surface area contributed by atoms with Gasteiger partial charge in [-0.15, -0.1) is 11.3 Å². The predicted octanol–water partition coefficient (Wildman–Crippen LogP) is 4.30. The number of aryl methyl sites for hydroxylation is 1. The number of benzene rings is 1. The summed E-state index contributed by atoms with van der Waals surface area (Å²) in [5.41, 5.74) is 2.30. The third kappa shape index (κ3) is 2.55. The Hall–Kier alpha value is -2.40. The summed E-state index contributed by atoms with van der Waals surface area (Å²) in [7, 11) is 0.